The van der Waals surface area contributed by atoms with Crippen LogP contribution in [0.25, 0.3) is 12.2 Å². The average molecular weight is 546 g/mol. The molecule has 4 rings (SSSR count). The van der Waals surface area contributed by atoms with E-state index in [9.17, 15) is 13.2 Å². The quantitative estimate of drug-likeness (QED) is 0.246. The Morgan fingerprint density at radius 2 is 1.66 bits per heavy atom. The molecule has 0 bridgehead atoms. The van der Waals surface area contributed by atoms with Crippen LogP contribution in [0.1, 0.15) is 10.6 Å². The molecule has 4 aromatic rings. The van der Waals surface area contributed by atoms with Crippen molar-refractivity contribution in [1.29, 1.82) is 0 Å². The van der Waals surface area contributed by atoms with E-state index in [1.54, 1.807) is 35.6 Å². The van der Waals surface area contributed by atoms with Crippen molar-refractivity contribution in [3.05, 3.63) is 92.9 Å². The maximum Gasteiger partial charge on any atom is 0.323 e. The number of carbonyl (C=O) groups is 1. The minimum absolute atomic E-state index is 0.0175. The molecule has 2 heterocycles. The van der Waals surface area contributed by atoms with E-state index >= 15 is 0 Å². The second kappa shape index (κ2) is 10.9. The van der Waals surface area contributed by atoms with E-state index in [0.717, 1.165) is 4.88 Å². The number of anilines is 3. The fourth-order valence-corrected chi connectivity index (χ4v) is 4.70. The van der Waals surface area contributed by atoms with Gasteiger partial charge in [0.05, 0.1) is 20.6 Å². The molecular formula is C23H17Cl2N5O3S2. The summed E-state index contributed by atoms with van der Waals surface area (Å²) in [6, 6.07) is 15.4. The highest BCUT2D eigenvalue weighted by molar-refractivity contribution is 7.92. The van der Waals surface area contributed by atoms with E-state index in [-0.39, 0.29) is 10.8 Å². The molecule has 2 aromatic heterocycles. The van der Waals surface area contributed by atoms with E-state index in [2.05, 4.69) is 25.3 Å². The van der Waals surface area contributed by atoms with Crippen molar-refractivity contribution in [3.63, 3.8) is 0 Å². The van der Waals surface area contributed by atoms with Gasteiger partial charge >= 0.3 is 6.03 Å². The number of urea groups is 1. The molecule has 2 amide bonds. The third-order valence-electron chi connectivity index (χ3n) is 4.46. The summed E-state index contributed by atoms with van der Waals surface area (Å²) in [5.41, 5.74) is 1.39. The van der Waals surface area contributed by atoms with E-state index in [4.69, 9.17) is 23.2 Å². The first-order valence-electron chi connectivity index (χ1n) is 9.99. The molecule has 178 valence electrons. The Morgan fingerprint density at radius 1 is 0.914 bits per heavy atom. The second-order valence-corrected chi connectivity index (χ2v) is 10.5. The van der Waals surface area contributed by atoms with Crippen LogP contribution in [-0.2, 0) is 10.0 Å². The number of aromatic nitrogens is 2. The summed E-state index contributed by atoms with van der Waals surface area (Å²) in [5.74, 6) is -0.0541. The summed E-state index contributed by atoms with van der Waals surface area (Å²) in [6.07, 6.45) is 5.13. The molecule has 0 radical (unpaired) electrons. The van der Waals surface area contributed by atoms with Crippen LogP contribution in [0.3, 0.4) is 0 Å². The summed E-state index contributed by atoms with van der Waals surface area (Å²) in [6.45, 7) is 0. The molecule has 0 aliphatic rings. The van der Waals surface area contributed by atoms with Crippen LogP contribution in [0.2, 0.25) is 10.0 Å². The molecule has 12 heteroatoms. The Kier molecular flexibility index (Phi) is 7.67. The maximum atomic E-state index is 12.8. The zero-order valence-corrected chi connectivity index (χ0v) is 20.9. The Bertz CT molecular complexity index is 1480. The minimum atomic E-state index is -3.94. The zero-order chi connectivity index (χ0) is 24.8. The number of thiophene rings is 1. The summed E-state index contributed by atoms with van der Waals surface area (Å²) < 4.78 is 27.9. The van der Waals surface area contributed by atoms with Crippen LogP contribution in [0.4, 0.5) is 22.1 Å². The molecular weight excluding hydrogens is 529 g/mol. The van der Waals surface area contributed by atoms with Crippen molar-refractivity contribution < 1.29 is 13.2 Å². The van der Waals surface area contributed by atoms with Crippen LogP contribution in [0.5, 0.6) is 0 Å². The number of nitrogens with one attached hydrogen (secondary N) is 3. The second-order valence-electron chi connectivity index (χ2n) is 6.99. The van der Waals surface area contributed by atoms with E-state index in [1.807, 2.05) is 23.6 Å². The number of nitrogens with zero attached hydrogens (tertiary/aromatic N) is 2. The Labute approximate surface area is 215 Å². The molecule has 3 N–H and O–H groups in total. The number of rotatable bonds is 7. The lowest BCUT2D eigenvalue weighted by Gasteiger charge is -2.10. The number of amides is 2. The number of hydrogen-bond donors (Lipinski definition) is 3. The molecule has 0 saturated heterocycles. The molecule has 0 saturated carbocycles. The topological polar surface area (TPSA) is 113 Å². The molecule has 0 aliphatic heterocycles. The highest BCUT2D eigenvalue weighted by Gasteiger charge is 2.16. The third kappa shape index (κ3) is 6.80. The monoisotopic (exact) mass is 545 g/mol. The molecule has 0 atom stereocenters. The first-order valence-corrected chi connectivity index (χ1v) is 13.1. The summed E-state index contributed by atoms with van der Waals surface area (Å²) in [5, 5.41) is 7.86. The van der Waals surface area contributed by atoms with Gasteiger partial charge in [-0.3, -0.25) is 0 Å². The van der Waals surface area contributed by atoms with Crippen molar-refractivity contribution >= 4 is 80.1 Å². The van der Waals surface area contributed by atoms with Gasteiger partial charge < -0.3 is 10.6 Å². The number of halogens is 2. The van der Waals surface area contributed by atoms with Crippen LogP contribution in [0.15, 0.2) is 77.1 Å². The fraction of sp³-hybridized carbons (Fsp3) is 0. The van der Waals surface area contributed by atoms with Crippen LogP contribution >= 0.6 is 34.5 Å². The van der Waals surface area contributed by atoms with Crippen molar-refractivity contribution in [2.75, 3.05) is 15.4 Å². The van der Waals surface area contributed by atoms with Crippen molar-refractivity contribution in [3.8, 4) is 0 Å². The van der Waals surface area contributed by atoms with Crippen LogP contribution in [-0.4, -0.2) is 24.4 Å². The van der Waals surface area contributed by atoms with Crippen LogP contribution < -0.4 is 15.4 Å². The summed E-state index contributed by atoms with van der Waals surface area (Å²) >= 11 is 13.4. The van der Waals surface area contributed by atoms with Gasteiger partial charge in [0.2, 0.25) is 5.95 Å². The predicted molar refractivity (Wildman–Crippen MR) is 142 cm³/mol. The number of benzene rings is 2. The molecule has 0 aliphatic carbocycles. The first-order chi connectivity index (χ1) is 16.8. The minimum Gasteiger partial charge on any atom is -0.308 e. The van der Waals surface area contributed by atoms with Gasteiger partial charge in [0, 0.05) is 22.4 Å². The standard InChI is InChI=1S/C23H17Cl2N5O3S2/c24-20-10-6-17(14-21(20)25)29-23(31)28-15-4-8-19(9-5-15)35(32,33)30-22-26-12-11-16(27-22)3-7-18-2-1-13-34-18/h1-14H,(H,26,27,30)(H2,28,29,31)/b7-3+. The fourth-order valence-electron chi connectivity index (χ4n) is 2.83. The third-order valence-corrected chi connectivity index (χ3v) is 7.38. The molecule has 0 unspecified atom stereocenters. The first kappa shape index (κ1) is 24.7. The zero-order valence-electron chi connectivity index (χ0n) is 17.8. The molecule has 0 spiro atoms. The highest BCUT2D eigenvalue weighted by Crippen LogP contribution is 2.25. The number of carbonyl (C=O) groups excluding carboxylic acids is 1. The normalized spacial score (nSPS) is 11.4. The van der Waals surface area contributed by atoms with Crippen LogP contribution in [0, 0.1) is 0 Å². The van der Waals surface area contributed by atoms with Crippen molar-refractivity contribution in [2.45, 2.75) is 4.90 Å². The van der Waals surface area contributed by atoms with E-state index < -0.39 is 16.1 Å². The van der Waals surface area contributed by atoms with Crippen molar-refractivity contribution in [1.82, 2.24) is 9.97 Å². The number of hydrogen-bond acceptors (Lipinski definition) is 6. The SMILES string of the molecule is O=C(Nc1ccc(S(=O)(=O)Nc2nccc(/C=C/c3cccs3)n2)cc1)Nc1ccc(Cl)c(Cl)c1. The molecule has 8 nitrogen and oxygen atoms in total. The smallest absolute Gasteiger partial charge is 0.308 e. The average Bonchev–Trinajstić information content (AvgIpc) is 3.34. The lowest BCUT2D eigenvalue weighted by Crippen LogP contribution is -2.19. The van der Waals surface area contributed by atoms with Gasteiger partial charge in [-0.1, -0.05) is 29.3 Å². The number of sulfonamides is 1. The summed E-state index contributed by atoms with van der Waals surface area (Å²) in [7, 11) is -3.94. The Morgan fingerprint density at radius 3 is 2.37 bits per heavy atom. The molecule has 2 aromatic carbocycles. The Hall–Kier alpha value is -3.44. The van der Waals surface area contributed by atoms with Gasteiger partial charge in [-0.05, 0) is 72.1 Å². The lowest BCUT2D eigenvalue weighted by molar-refractivity contribution is 0.262. The van der Waals surface area contributed by atoms with Gasteiger partial charge in [-0.2, -0.15) is 0 Å². The summed E-state index contributed by atoms with van der Waals surface area (Å²) in [4.78, 5) is 21.5. The van der Waals surface area contributed by atoms with Gasteiger partial charge in [-0.15, -0.1) is 11.3 Å². The van der Waals surface area contributed by atoms with E-state index in [0.29, 0.717) is 27.1 Å². The highest BCUT2D eigenvalue weighted by atomic mass is 35.5. The molecule has 0 fully saturated rings. The largest absolute Gasteiger partial charge is 0.323 e. The maximum absolute atomic E-state index is 12.8. The molecule has 35 heavy (non-hydrogen) atoms. The predicted octanol–water partition coefficient (Wildman–Crippen LogP) is 6.46. The Balaban J connectivity index is 1.39. The van der Waals surface area contributed by atoms with Gasteiger partial charge in [0.1, 0.15) is 0 Å². The van der Waals surface area contributed by atoms with E-state index in [1.165, 1.54) is 36.5 Å². The van der Waals surface area contributed by atoms with Gasteiger partial charge in [0.15, 0.2) is 0 Å². The van der Waals surface area contributed by atoms with Gasteiger partial charge in [0.25, 0.3) is 10.0 Å². The van der Waals surface area contributed by atoms with Crippen molar-refractivity contribution in [2.24, 2.45) is 0 Å². The van der Waals surface area contributed by atoms with Gasteiger partial charge in [-0.25, -0.2) is 27.9 Å². The lowest BCUT2D eigenvalue weighted by atomic mass is 10.3.